The summed E-state index contributed by atoms with van der Waals surface area (Å²) < 4.78 is 62.6. The molecule has 0 amide bonds. The third kappa shape index (κ3) is 3.82. The first-order chi connectivity index (χ1) is 8.69. The lowest BCUT2D eigenvalue weighted by atomic mass is 9.93. The first kappa shape index (κ1) is 15.7. The van der Waals surface area contributed by atoms with E-state index in [2.05, 4.69) is 10.8 Å². The highest BCUT2D eigenvalue weighted by Crippen LogP contribution is 2.32. The number of allylic oxidation sites excluding steroid dienone is 3. The predicted octanol–water partition coefficient (Wildman–Crippen LogP) is 2.83. The third-order valence-corrected chi connectivity index (χ3v) is 3.56. The van der Waals surface area contributed by atoms with Gasteiger partial charge in [-0.25, -0.2) is 0 Å². The minimum Gasteiger partial charge on any atom is -0.380 e. The number of alkyl halides is 3. The van der Waals surface area contributed by atoms with E-state index >= 15 is 0 Å². The van der Waals surface area contributed by atoms with E-state index in [0.717, 1.165) is 0 Å². The quantitative estimate of drug-likeness (QED) is 0.445. The molecule has 1 rings (SSSR count). The Morgan fingerprint density at radius 2 is 1.95 bits per heavy atom. The van der Waals surface area contributed by atoms with Gasteiger partial charge in [0.2, 0.25) is 0 Å². The molecule has 0 N–H and O–H groups in total. The predicted molar refractivity (Wildman–Crippen MR) is 61.4 cm³/mol. The van der Waals surface area contributed by atoms with Crippen molar-refractivity contribution in [1.29, 1.82) is 0 Å². The fourth-order valence-corrected chi connectivity index (χ4v) is 2.21. The fourth-order valence-electron chi connectivity index (χ4n) is 1.66. The van der Waals surface area contributed by atoms with Crippen molar-refractivity contribution in [3.63, 3.8) is 0 Å². The minimum atomic E-state index is -5.71. The van der Waals surface area contributed by atoms with Gasteiger partial charge in [0, 0.05) is 18.4 Å². The van der Waals surface area contributed by atoms with Gasteiger partial charge >= 0.3 is 15.6 Å². The molecule has 4 nitrogen and oxygen atoms in total. The van der Waals surface area contributed by atoms with Crippen molar-refractivity contribution in [3.8, 4) is 0 Å². The van der Waals surface area contributed by atoms with Crippen molar-refractivity contribution in [2.45, 2.75) is 37.6 Å². The Balaban J connectivity index is 3.06. The molecule has 1 aliphatic rings. The van der Waals surface area contributed by atoms with Gasteiger partial charge in [-0.3, -0.25) is 4.79 Å². The SMILES string of the molecule is C=CCCC1=C(OS(=O)(=O)C(F)(F)F)CCCC1=O. The summed E-state index contributed by atoms with van der Waals surface area (Å²) in [5, 5.41) is 0. The van der Waals surface area contributed by atoms with Gasteiger partial charge in [-0.2, -0.15) is 21.6 Å². The second kappa shape index (κ2) is 5.77. The lowest BCUT2D eigenvalue weighted by molar-refractivity contribution is -0.116. The van der Waals surface area contributed by atoms with Crippen LogP contribution < -0.4 is 0 Å². The largest absolute Gasteiger partial charge is 0.534 e. The molecule has 1 aliphatic carbocycles. The molecule has 0 aliphatic heterocycles. The summed E-state index contributed by atoms with van der Waals surface area (Å²) in [7, 11) is -5.71. The maximum absolute atomic E-state index is 12.2. The molecule has 8 heteroatoms. The summed E-state index contributed by atoms with van der Waals surface area (Å²) in [6.45, 7) is 3.44. The second-order valence-corrected chi connectivity index (χ2v) is 5.53. The number of rotatable bonds is 5. The monoisotopic (exact) mass is 298 g/mol. The summed E-state index contributed by atoms with van der Waals surface area (Å²) in [6, 6.07) is 0. The Kier molecular flexibility index (Phi) is 4.78. The lowest BCUT2D eigenvalue weighted by Crippen LogP contribution is -2.27. The Labute approximate surface area is 109 Å². The molecule has 0 atom stereocenters. The van der Waals surface area contributed by atoms with E-state index in [1.807, 2.05) is 0 Å². The van der Waals surface area contributed by atoms with E-state index < -0.39 is 21.4 Å². The molecule has 0 heterocycles. The molecule has 0 bridgehead atoms. The van der Waals surface area contributed by atoms with Gasteiger partial charge in [-0.05, 0) is 19.3 Å². The zero-order valence-electron chi connectivity index (χ0n) is 10.00. The molecule has 108 valence electrons. The highest BCUT2D eigenvalue weighted by atomic mass is 32.2. The Morgan fingerprint density at radius 1 is 1.32 bits per heavy atom. The molecular formula is C11H13F3O4S. The molecule has 0 aromatic heterocycles. The number of Topliss-reactive ketones (excluding diaryl/α,β-unsaturated/α-hetero) is 1. The van der Waals surface area contributed by atoms with Crippen molar-refractivity contribution in [1.82, 2.24) is 0 Å². The van der Waals surface area contributed by atoms with E-state index in [-0.39, 0.29) is 37.0 Å². The molecule has 0 spiro atoms. The Morgan fingerprint density at radius 3 is 2.47 bits per heavy atom. The van der Waals surface area contributed by atoms with E-state index in [1.54, 1.807) is 0 Å². The third-order valence-electron chi connectivity index (χ3n) is 2.57. The molecule has 0 aromatic carbocycles. The van der Waals surface area contributed by atoms with Crippen molar-refractivity contribution in [2.75, 3.05) is 0 Å². The summed E-state index contributed by atoms with van der Waals surface area (Å²) in [6.07, 6.45) is 2.45. The molecule has 0 radical (unpaired) electrons. The smallest absolute Gasteiger partial charge is 0.380 e. The highest BCUT2D eigenvalue weighted by Gasteiger charge is 2.49. The summed E-state index contributed by atoms with van der Waals surface area (Å²) in [5.74, 6) is -0.768. The van der Waals surface area contributed by atoms with Crippen molar-refractivity contribution < 1.29 is 30.6 Å². The van der Waals surface area contributed by atoms with Crippen LogP contribution in [0.1, 0.15) is 32.1 Å². The van der Waals surface area contributed by atoms with Crippen LogP contribution in [0.3, 0.4) is 0 Å². The van der Waals surface area contributed by atoms with E-state index in [1.165, 1.54) is 6.08 Å². The van der Waals surface area contributed by atoms with E-state index in [9.17, 15) is 26.4 Å². The lowest BCUT2D eigenvalue weighted by Gasteiger charge is -2.19. The first-order valence-electron chi connectivity index (χ1n) is 5.56. The fraction of sp³-hybridized carbons (Fsp3) is 0.545. The maximum atomic E-state index is 12.2. The van der Waals surface area contributed by atoms with Gasteiger partial charge in [0.15, 0.2) is 5.78 Å². The van der Waals surface area contributed by atoms with Crippen molar-refractivity contribution in [2.24, 2.45) is 0 Å². The first-order valence-corrected chi connectivity index (χ1v) is 6.96. The maximum Gasteiger partial charge on any atom is 0.534 e. The van der Waals surface area contributed by atoms with Gasteiger partial charge in [-0.15, -0.1) is 6.58 Å². The number of hydrogen-bond acceptors (Lipinski definition) is 4. The molecule has 19 heavy (non-hydrogen) atoms. The summed E-state index contributed by atoms with van der Waals surface area (Å²) >= 11 is 0. The van der Waals surface area contributed by atoms with Crippen molar-refractivity contribution >= 4 is 15.9 Å². The molecule has 0 unspecified atom stereocenters. The molecule has 0 saturated carbocycles. The topological polar surface area (TPSA) is 60.4 Å². The number of halogens is 3. The van der Waals surface area contributed by atoms with Crippen LogP contribution in [0.5, 0.6) is 0 Å². The van der Waals surface area contributed by atoms with Crippen LogP contribution in [-0.2, 0) is 19.1 Å². The van der Waals surface area contributed by atoms with Gasteiger partial charge in [-0.1, -0.05) is 6.08 Å². The van der Waals surface area contributed by atoms with Gasteiger partial charge in [0.25, 0.3) is 0 Å². The number of ketones is 1. The molecule has 0 saturated heterocycles. The zero-order chi connectivity index (χ0) is 14.7. The Bertz CT molecular complexity index is 503. The van der Waals surface area contributed by atoms with Gasteiger partial charge in [0.1, 0.15) is 5.76 Å². The van der Waals surface area contributed by atoms with E-state index in [0.29, 0.717) is 6.42 Å². The van der Waals surface area contributed by atoms with Crippen LogP contribution in [0.25, 0.3) is 0 Å². The molecular weight excluding hydrogens is 285 g/mol. The Hall–Kier alpha value is -1.31. The standard InChI is InChI=1S/C11H13F3O4S/c1-2-3-5-8-9(15)6-4-7-10(8)18-19(16,17)11(12,13)14/h2H,1,3-7H2. The van der Waals surface area contributed by atoms with Gasteiger partial charge in [0.05, 0.1) is 0 Å². The number of carbonyl (C=O) groups excluding carboxylic acids is 1. The summed E-state index contributed by atoms with van der Waals surface area (Å²) in [4.78, 5) is 11.6. The minimum absolute atomic E-state index is 0.00747. The van der Waals surface area contributed by atoms with Crippen LogP contribution in [-0.4, -0.2) is 19.7 Å². The molecule has 0 fully saturated rings. The van der Waals surface area contributed by atoms with Crippen LogP contribution in [0.15, 0.2) is 24.0 Å². The van der Waals surface area contributed by atoms with E-state index in [4.69, 9.17) is 0 Å². The summed E-state index contributed by atoms with van der Waals surface area (Å²) in [5.41, 5.74) is -5.48. The van der Waals surface area contributed by atoms with Crippen LogP contribution >= 0.6 is 0 Å². The van der Waals surface area contributed by atoms with Crippen LogP contribution in [0.4, 0.5) is 13.2 Å². The van der Waals surface area contributed by atoms with Crippen LogP contribution in [0, 0.1) is 0 Å². The highest BCUT2D eigenvalue weighted by molar-refractivity contribution is 7.87. The normalized spacial score (nSPS) is 17.5. The zero-order valence-corrected chi connectivity index (χ0v) is 10.8. The average molecular weight is 298 g/mol. The van der Waals surface area contributed by atoms with Crippen LogP contribution in [0.2, 0.25) is 0 Å². The second-order valence-electron chi connectivity index (χ2n) is 3.99. The average Bonchev–Trinajstić information content (AvgIpc) is 2.26. The number of hydrogen-bond donors (Lipinski definition) is 0. The van der Waals surface area contributed by atoms with Gasteiger partial charge < -0.3 is 4.18 Å². The van der Waals surface area contributed by atoms with Crippen molar-refractivity contribution in [3.05, 3.63) is 24.0 Å². The number of carbonyl (C=O) groups is 1. The molecule has 0 aromatic rings.